The SMILES string of the molecule is Nc1ccc(C=C2Oc3ccc(I)cc3C2=O)cc1. The van der Waals surface area contributed by atoms with E-state index in [4.69, 9.17) is 10.5 Å². The smallest absolute Gasteiger partial charge is 0.232 e. The van der Waals surface area contributed by atoms with Crippen LogP contribution in [-0.2, 0) is 0 Å². The number of nitrogen functional groups attached to an aromatic ring is 1. The lowest BCUT2D eigenvalue weighted by atomic mass is 10.1. The highest BCUT2D eigenvalue weighted by Gasteiger charge is 2.27. The number of carbonyl (C=O) groups is 1. The first-order chi connectivity index (χ1) is 9.13. The lowest BCUT2D eigenvalue weighted by molar-refractivity contribution is 0.101. The first-order valence-corrected chi connectivity index (χ1v) is 6.81. The van der Waals surface area contributed by atoms with Crippen LogP contribution in [0, 0.1) is 3.57 Å². The Balaban J connectivity index is 1.97. The number of carbonyl (C=O) groups excluding carboxylic acids is 1. The van der Waals surface area contributed by atoms with Crippen LogP contribution < -0.4 is 10.5 Å². The van der Waals surface area contributed by atoms with E-state index in [2.05, 4.69) is 22.6 Å². The van der Waals surface area contributed by atoms with E-state index in [0.717, 1.165) is 9.13 Å². The lowest BCUT2D eigenvalue weighted by Gasteiger charge is -1.99. The molecular weight excluding hydrogens is 353 g/mol. The fourth-order valence-electron chi connectivity index (χ4n) is 1.90. The van der Waals surface area contributed by atoms with Crippen LogP contribution in [0.25, 0.3) is 6.08 Å². The Morgan fingerprint density at radius 2 is 1.84 bits per heavy atom. The van der Waals surface area contributed by atoms with Gasteiger partial charge in [0.25, 0.3) is 0 Å². The summed E-state index contributed by atoms with van der Waals surface area (Å²) in [5.41, 5.74) is 7.83. The summed E-state index contributed by atoms with van der Waals surface area (Å²) in [5.74, 6) is 0.888. The predicted molar refractivity (Wildman–Crippen MR) is 82.9 cm³/mol. The maximum absolute atomic E-state index is 12.2. The fraction of sp³-hybridized carbons (Fsp3) is 0. The third kappa shape index (κ3) is 2.35. The summed E-state index contributed by atoms with van der Waals surface area (Å²) in [6.07, 6.45) is 1.73. The van der Waals surface area contributed by atoms with Gasteiger partial charge in [-0.25, -0.2) is 0 Å². The van der Waals surface area contributed by atoms with Crippen LogP contribution in [0.3, 0.4) is 0 Å². The van der Waals surface area contributed by atoms with Crippen LogP contribution in [-0.4, -0.2) is 5.78 Å². The van der Waals surface area contributed by atoms with Crippen LogP contribution in [0.1, 0.15) is 15.9 Å². The van der Waals surface area contributed by atoms with E-state index < -0.39 is 0 Å². The van der Waals surface area contributed by atoms with Crippen molar-refractivity contribution in [2.75, 3.05) is 5.73 Å². The Labute approximate surface area is 124 Å². The zero-order valence-corrected chi connectivity index (χ0v) is 12.0. The molecule has 0 fully saturated rings. The van der Waals surface area contributed by atoms with Crippen molar-refractivity contribution in [3.05, 3.63) is 62.9 Å². The summed E-state index contributed by atoms with van der Waals surface area (Å²) in [6.45, 7) is 0. The quantitative estimate of drug-likeness (QED) is 0.480. The van der Waals surface area contributed by atoms with E-state index in [9.17, 15) is 4.79 Å². The number of rotatable bonds is 1. The van der Waals surface area contributed by atoms with Crippen LogP contribution in [0.2, 0.25) is 0 Å². The molecule has 0 spiro atoms. The molecule has 19 heavy (non-hydrogen) atoms. The lowest BCUT2D eigenvalue weighted by Crippen LogP contribution is -1.98. The topological polar surface area (TPSA) is 52.3 Å². The minimum Gasteiger partial charge on any atom is -0.452 e. The average Bonchev–Trinajstić information content (AvgIpc) is 2.70. The fourth-order valence-corrected chi connectivity index (χ4v) is 2.40. The molecule has 2 aromatic carbocycles. The first kappa shape index (κ1) is 12.2. The average molecular weight is 363 g/mol. The molecule has 3 nitrogen and oxygen atoms in total. The molecule has 0 atom stereocenters. The highest BCUT2D eigenvalue weighted by molar-refractivity contribution is 14.1. The minimum absolute atomic E-state index is 0.0784. The summed E-state index contributed by atoms with van der Waals surface area (Å²) in [5, 5.41) is 0. The second-order valence-corrected chi connectivity index (χ2v) is 5.49. The largest absolute Gasteiger partial charge is 0.452 e. The normalized spacial score (nSPS) is 15.4. The van der Waals surface area contributed by atoms with Crippen molar-refractivity contribution in [2.24, 2.45) is 0 Å². The number of benzene rings is 2. The molecule has 0 saturated heterocycles. The Hall–Kier alpha value is -1.82. The molecule has 2 N–H and O–H groups in total. The maximum Gasteiger partial charge on any atom is 0.232 e. The molecule has 4 heteroatoms. The van der Waals surface area contributed by atoms with Crippen LogP contribution in [0.15, 0.2) is 48.2 Å². The summed E-state index contributed by atoms with van der Waals surface area (Å²) in [4.78, 5) is 12.2. The van der Waals surface area contributed by atoms with Gasteiger partial charge in [-0.2, -0.15) is 0 Å². The summed E-state index contributed by atoms with van der Waals surface area (Å²) < 4.78 is 6.60. The van der Waals surface area contributed by atoms with E-state index in [-0.39, 0.29) is 5.78 Å². The summed E-state index contributed by atoms with van der Waals surface area (Å²) in [6, 6.07) is 12.9. The van der Waals surface area contributed by atoms with Gasteiger partial charge in [-0.1, -0.05) is 12.1 Å². The highest BCUT2D eigenvalue weighted by atomic mass is 127. The summed E-state index contributed by atoms with van der Waals surface area (Å²) >= 11 is 2.18. The van der Waals surface area contributed by atoms with Crippen LogP contribution in [0.5, 0.6) is 5.75 Å². The molecule has 0 bridgehead atoms. The van der Waals surface area contributed by atoms with Gasteiger partial charge in [0.05, 0.1) is 5.56 Å². The van der Waals surface area contributed by atoms with Gasteiger partial charge < -0.3 is 10.5 Å². The Morgan fingerprint density at radius 3 is 2.58 bits per heavy atom. The van der Waals surface area contributed by atoms with E-state index in [0.29, 0.717) is 22.8 Å². The van der Waals surface area contributed by atoms with E-state index >= 15 is 0 Å². The maximum atomic E-state index is 12.2. The molecule has 94 valence electrons. The molecule has 0 aliphatic carbocycles. The summed E-state index contributed by atoms with van der Waals surface area (Å²) in [7, 11) is 0. The monoisotopic (exact) mass is 363 g/mol. The van der Waals surface area contributed by atoms with Crippen molar-refractivity contribution in [2.45, 2.75) is 0 Å². The zero-order valence-electron chi connectivity index (χ0n) is 9.89. The minimum atomic E-state index is -0.0784. The van der Waals surface area contributed by atoms with Gasteiger partial charge in [-0.15, -0.1) is 0 Å². The van der Waals surface area contributed by atoms with E-state index in [1.165, 1.54) is 0 Å². The molecule has 1 aliphatic rings. The molecule has 2 aromatic rings. The number of ether oxygens (including phenoxy) is 1. The number of Topliss-reactive ketones (excluding diaryl/α,β-unsaturated/α-hetero) is 1. The third-order valence-corrected chi connectivity index (χ3v) is 3.54. The number of hydrogen-bond acceptors (Lipinski definition) is 3. The molecule has 1 aliphatic heterocycles. The van der Waals surface area contributed by atoms with E-state index in [1.54, 1.807) is 18.2 Å². The van der Waals surface area contributed by atoms with Crippen LogP contribution in [0.4, 0.5) is 5.69 Å². The number of ketones is 1. The Morgan fingerprint density at radius 1 is 1.11 bits per heavy atom. The van der Waals surface area contributed by atoms with Crippen molar-refractivity contribution < 1.29 is 9.53 Å². The van der Waals surface area contributed by atoms with Gasteiger partial charge in [-0.05, 0) is 64.6 Å². The molecule has 0 unspecified atom stereocenters. The van der Waals surface area contributed by atoms with Gasteiger partial charge in [-0.3, -0.25) is 4.79 Å². The second kappa shape index (κ2) is 4.70. The second-order valence-electron chi connectivity index (χ2n) is 4.25. The van der Waals surface area contributed by atoms with Gasteiger partial charge >= 0.3 is 0 Å². The van der Waals surface area contributed by atoms with Crippen molar-refractivity contribution in [1.82, 2.24) is 0 Å². The first-order valence-electron chi connectivity index (χ1n) is 5.73. The molecule has 0 amide bonds. The van der Waals surface area contributed by atoms with Gasteiger partial charge in [0.1, 0.15) is 5.75 Å². The van der Waals surface area contributed by atoms with Crippen molar-refractivity contribution in [3.8, 4) is 5.75 Å². The van der Waals surface area contributed by atoms with Crippen molar-refractivity contribution >= 4 is 40.1 Å². The number of anilines is 1. The van der Waals surface area contributed by atoms with Crippen LogP contribution >= 0.6 is 22.6 Å². The molecule has 1 heterocycles. The van der Waals surface area contributed by atoms with Crippen molar-refractivity contribution in [3.63, 3.8) is 0 Å². The number of nitrogens with two attached hydrogens (primary N) is 1. The number of hydrogen-bond donors (Lipinski definition) is 1. The molecule has 0 saturated carbocycles. The Kier molecular flexibility index (Phi) is 3.02. The predicted octanol–water partition coefficient (Wildman–Crippen LogP) is 3.49. The molecule has 0 aromatic heterocycles. The number of fused-ring (bicyclic) bond motifs is 1. The zero-order chi connectivity index (χ0) is 13.4. The standard InChI is InChI=1S/C15H10INO2/c16-10-3-6-13-12(8-10)15(18)14(19-13)7-9-1-4-11(17)5-2-9/h1-8H,17H2. The third-order valence-electron chi connectivity index (χ3n) is 2.86. The van der Waals surface area contributed by atoms with Gasteiger partial charge in [0.2, 0.25) is 5.78 Å². The number of allylic oxidation sites excluding steroid dienone is 1. The number of halogens is 1. The molecular formula is C15H10INO2. The molecule has 0 radical (unpaired) electrons. The van der Waals surface area contributed by atoms with Gasteiger partial charge in [0.15, 0.2) is 5.76 Å². The Bertz CT molecular complexity index is 690. The van der Waals surface area contributed by atoms with Crippen molar-refractivity contribution in [1.29, 1.82) is 0 Å². The van der Waals surface area contributed by atoms with E-state index in [1.807, 2.05) is 30.3 Å². The highest BCUT2D eigenvalue weighted by Crippen LogP contribution is 2.32. The van der Waals surface area contributed by atoms with Gasteiger partial charge in [0, 0.05) is 9.26 Å². The molecule has 3 rings (SSSR count).